The Morgan fingerprint density at radius 2 is 1.12 bits per heavy atom. The van der Waals surface area contributed by atoms with Gasteiger partial charge in [-0.25, -0.2) is 9.59 Å². The minimum absolute atomic E-state index is 0. The summed E-state index contributed by atoms with van der Waals surface area (Å²) in [6, 6.07) is 4.59. The summed E-state index contributed by atoms with van der Waals surface area (Å²) in [4.78, 5) is 94.9. The van der Waals surface area contributed by atoms with Crippen molar-refractivity contribution < 1.29 is 52.9 Å². The summed E-state index contributed by atoms with van der Waals surface area (Å²) < 4.78 is 8.79. The van der Waals surface area contributed by atoms with E-state index < -0.39 is 29.9 Å². The lowest BCUT2D eigenvalue weighted by molar-refractivity contribution is -0.142. The van der Waals surface area contributed by atoms with Gasteiger partial charge < -0.3 is 25.6 Å². The average Bonchev–Trinajstić information content (AvgIpc) is 3.87. The number of carbonyl (C=O) groups excluding carboxylic acids is 7. The summed E-state index contributed by atoms with van der Waals surface area (Å²) in [6.07, 6.45) is 0. The van der Waals surface area contributed by atoms with Crippen molar-refractivity contribution in [2.75, 3.05) is 14.2 Å². The summed E-state index contributed by atoms with van der Waals surface area (Å²) in [5.41, 5.74) is 6.29. The fraction of sp³-hybridized carbons (Fsp3) is 0.200. The molecular formula is C30H25ClN2O11S4. The molecule has 4 aromatic rings. The maximum Gasteiger partial charge on any atom is 0.345 e. The number of carbonyl (C=O) groups is 8. The van der Waals surface area contributed by atoms with Crippen LogP contribution in [0.1, 0.15) is 94.1 Å². The molecule has 2 aliphatic rings. The third-order valence-electron chi connectivity index (χ3n) is 6.51. The van der Waals surface area contributed by atoms with Gasteiger partial charge in [-0.2, -0.15) is 0 Å². The molecule has 0 unspecified atom stereocenters. The zero-order chi connectivity index (χ0) is 34.7. The van der Waals surface area contributed by atoms with Gasteiger partial charge in [0, 0.05) is 22.3 Å². The van der Waals surface area contributed by atoms with Gasteiger partial charge in [-0.3, -0.25) is 28.8 Å². The molecule has 2 atom stereocenters. The van der Waals surface area contributed by atoms with Crippen LogP contribution < -0.4 is 11.1 Å². The fourth-order valence-electron chi connectivity index (χ4n) is 4.18. The Kier molecular flexibility index (Phi) is 12.4. The number of esters is 2. The maximum atomic E-state index is 12.4. The van der Waals surface area contributed by atoms with Crippen molar-refractivity contribution >= 4 is 105 Å². The van der Waals surface area contributed by atoms with Gasteiger partial charge in [0.2, 0.25) is 23.1 Å². The average molecular weight is 753 g/mol. The van der Waals surface area contributed by atoms with E-state index in [2.05, 4.69) is 14.8 Å². The van der Waals surface area contributed by atoms with Gasteiger partial charge >= 0.3 is 17.9 Å². The Balaban J connectivity index is 0.000000220. The van der Waals surface area contributed by atoms with Crippen LogP contribution >= 0.6 is 57.8 Å². The number of hydrogen-bond donors (Lipinski definition) is 3. The largest absolute Gasteiger partial charge is 0.477 e. The standard InChI is InChI=1S/C15H11NO5S2.C11H4O4S2.C4H9NO2.ClH/c1-6(15(20)21-2)16-14(19)9-5-8-11(18)12-7(3-4-22-12)10(17)13(8)23-9;12-7-4-1-2-16-9(4)8(13)5-3-6(11(14)15)17-10(5)7;1-3(5)4(6)7-2;/h3-6H,1-2H3,(H,16,19);1-3H,(H,14,15);3H,5H2,1-2H3;1H/t6-;;3-;/m0.0./s1. The molecule has 18 heteroatoms. The zero-order valence-electron chi connectivity index (χ0n) is 25.3. The van der Waals surface area contributed by atoms with Gasteiger partial charge in [-0.05, 0) is 48.9 Å². The number of rotatable bonds is 5. The van der Waals surface area contributed by atoms with Crippen molar-refractivity contribution in [3.8, 4) is 0 Å². The summed E-state index contributed by atoms with van der Waals surface area (Å²) in [7, 11) is 2.54. The molecule has 48 heavy (non-hydrogen) atoms. The molecular weight excluding hydrogens is 728 g/mol. The predicted octanol–water partition coefficient (Wildman–Crippen LogP) is 4.09. The van der Waals surface area contributed by atoms with Crippen molar-refractivity contribution in [2.45, 2.75) is 25.9 Å². The van der Waals surface area contributed by atoms with Crippen LogP contribution in [0, 0.1) is 0 Å². The number of aromatic carboxylic acids is 1. The van der Waals surface area contributed by atoms with Crippen LogP contribution in [0.3, 0.4) is 0 Å². The second kappa shape index (κ2) is 15.7. The smallest absolute Gasteiger partial charge is 0.345 e. The quantitative estimate of drug-likeness (QED) is 0.213. The lowest BCUT2D eigenvalue weighted by Crippen LogP contribution is -2.38. The first kappa shape index (κ1) is 38.1. The van der Waals surface area contributed by atoms with Gasteiger partial charge in [0.1, 0.15) is 17.0 Å². The fourth-order valence-corrected chi connectivity index (χ4v) is 7.83. The van der Waals surface area contributed by atoms with E-state index in [4.69, 9.17) is 10.8 Å². The second-order valence-electron chi connectivity index (χ2n) is 9.69. The van der Waals surface area contributed by atoms with Gasteiger partial charge in [-0.1, -0.05) is 0 Å². The molecule has 0 saturated carbocycles. The van der Waals surface area contributed by atoms with Crippen LogP contribution in [-0.4, -0.2) is 78.4 Å². The summed E-state index contributed by atoms with van der Waals surface area (Å²) in [6.45, 7) is 3.07. The predicted molar refractivity (Wildman–Crippen MR) is 180 cm³/mol. The Bertz CT molecular complexity index is 1870. The number of nitrogens with one attached hydrogen (secondary N) is 1. The Morgan fingerprint density at radius 3 is 1.52 bits per heavy atom. The minimum atomic E-state index is -1.12. The molecule has 0 saturated heterocycles. The monoisotopic (exact) mass is 752 g/mol. The van der Waals surface area contributed by atoms with Crippen molar-refractivity contribution in [1.82, 2.24) is 5.32 Å². The normalized spacial score (nSPS) is 13.4. The van der Waals surface area contributed by atoms with Gasteiger partial charge in [-0.15, -0.1) is 57.8 Å². The molecule has 1 amide bonds. The van der Waals surface area contributed by atoms with Crippen LogP contribution in [-0.2, 0) is 19.1 Å². The molecule has 4 heterocycles. The van der Waals surface area contributed by atoms with Gasteiger partial charge in [0.25, 0.3) is 5.91 Å². The zero-order valence-corrected chi connectivity index (χ0v) is 29.3. The number of ketones is 4. The Labute approximate surface area is 294 Å². The molecule has 2 aliphatic carbocycles. The van der Waals surface area contributed by atoms with Gasteiger partial charge in [0.15, 0.2) is 0 Å². The molecule has 0 aliphatic heterocycles. The number of fused-ring (bicyclic) bond motifs is 4. The molecule has 0 radical (unpaired) electrons. The summed E-state index contributed by atoms with van der Waals surface area (Å²) >= 11 is 4.22. The minimum Gasteiger partial charge on any atom is -0.477 e. The lowest BCUT2D eigenvalue weighted by atomic mass is 9.96. The van der Waals surface area contributed by atoms with Crippen LogP contribution in [0.25, 0.3) is 0 Å². The van der Waals surface area contributed by atoms with Crippen molar-refractivity contribution in [3.63, 3.8) is 0 Å². The van der Waals surface area contributed by atoms with E-state index in [0.29, 0.717) is 20.9 Å². The van der Waals surface area contributed by atoms with E-state index in [1.807, 2.05) is 0 Å². The number of hydrogen-bond acceptors (Lipinski definition) is 15. The SMILES string of the molecule is COC(=O)[C@H](C)N.COC(=O)[C@H](C)NC(=O)c1cc2c(s1)C(=O)c1ccsc1C2=O.Cl.O=C(O)c1cc2c(s1)C(=O)c1ccsc1C2=O. The highest BCUT2D eigenvalue weighted by Gasteiger charge is 2.35. The Morgan fingerprint density at radius 1 is 0.708 bits per heavy atom. The highest BCUT2D eigenvalue weighted by Crippen LogP contribution is 2.36. The molecule has 13 nitrogen and oxygen atoms in total. The van der Waals surface area contributed by atoms with Crippen molar-refractivity contribution in [2.24, 2.45) is 5.73 Å². The first-order valence-corrected chi connectivity index (χ1v) is 16.7. The maximum absolute atomic E-state index is 12.4. The van der Waals surface area contributed by atoms with Crippen LogP contribution in [0.5, 0.6) is 0 Å². The number of methoxy groups -OCH3 is 2. The van der Waals surface area contributed by atoms with E-state index >= 15 is 0 Å². The molecule has 0 spiro atoms. The van der Waals surface area contributed by atoms with Gasteiger partial charge in [0.05, 0.1) is 38.6 Å². The van der Waals surface area contributed by atoms with E-state index in [9.17, 15) is 38.4 Å². The van der Waals surface area contributed by atoms with Crippen LogP contribution in [0.4, 0.5) is 0 Å². The summed E-state index contributed by atoms with van der Waals surface area (Å²) in [5.74, 6) is -3.60. The lowest BCUT2D eigenvalue weighted by Gasteiger charge is -2.10. The van der Waals surface area contributed by atoms with E-state index in [0.717, 1.165) is 22.7 Å². The number of amides is 1. The van der Waals surface area contributed by atoms with E-state index in [1.54, 1.807) is 29.8 Å². The number of carboxylic acid groups (broad SMARTS) is 1. The number of nitrogens with two attached hydrogens (primary N) is 1. The molecule has 4 N–H and O–H groups in total. The summed E-state index contributed by atoms with van der Waals surface area (Å²) in [5, 5.41) is 14.7. The highest BCUT2D eigenvalue weighted by atomic mass is 35.5. The van der Waals surface area contributed by atoms with E-state index in [1.165, 1.54) is 55.9 Å². The van der Waals surface area contributed by atoms with E-state index in [-0.39, 0.29) is 72.1 Å². The number of halogens is 1. The van der Waals surface area contributed by atoms with Crippen molar-refractivity contribution in [1.29, 1.82) is 0 Å². The third kappa shape index (κ3) is 7.51. The first-order valence-electron chi connectivity index (χ1n) is 13.3. The molecule has 0 fully saturated rings. The molecule has 0 aromatic carbocycles. The Hall–Kier alpha value is -4.39. The van der Waals surface area contributed by atoms with Crippen molar-refractivity contribution in [3.05, 3.63) is 86.5 Å². The first-order chi connectivity index (χ1) is 22.2. The molecule has 252 valence electrons. The second-order valence-corrected chi connectivity index (χ2v) is 13.6. The number of thiophene rings is 4. The molecule has 0 bridgehead atoms. The number of ether oxygens (including phenoxy) is 2. The highest BCUT2D eigenvalue weighted by molar-refractivity contribution is 7.18. The molecule has 4 aromatic heterocycles. The topological polar surface area (TPSA) is 213 Å². The van der Waals surface area contributed by atoms with Crippen LogP contribution in [0.15, 0.2) is 35.0 Å². The third-order valence-corrected chi connectivity index (χ3v) is 10.6. The molecule has 6 rings (SSSR count). The number of carboxylic acids is 1. The van der Waals surface area contributed by atoms with Crippen LogP contribution in [0.2, 0.25) is 0 Å².